The molecule has 1 rings (SSSR count). The number of aliphatic hydroxyl groups excluding tert-OH is 2. The minimum atomic E-state index is -1.44. The Labute approximate surface area is 53.3 Å². The molecule has 0 aromatic carbocycles. The summed E-state index contributed by atoms with van der Waals surface area (Å²) in [5.74, 6) is 0. The van der Waals surface area contributed by atoms with Crippen LogP contribution in [0.25, 0.3) is 0 Å². The van der Waals surface area contributed by atoms with Crippen LogP contribution in [-0.4, -0.2) is 42.8 Å². The van der Waals surface area contributed by atoms with Crippen molar-refractivity contribution in [1.29, 1.82) is 0 Å². The summed E-state index contributed by atoms with van der Waals surface area (Å²) in [6.45, 7) is 0. The molecule has 4 nitrogen and oxygen atoms in total. The van der Waals surface area contributed by atoms with Crippen LogP contribution in [0.5, 0.6) is 0 Å². The van der Waals surface area contributed by atoms with Gasteiger partial charge in [0.15, 0.2) is 0 Å². The second-order valence-corrected chi connectivity index (χ2v) is 3.27. The van der Waals surface area contributed by atoms with Crippen molar-refractivity contribution >= 4 is 20.3 Å². The summed E-state index contributed by atoms with van der Waals surface area (Å²) >= 11 is 0. The monoisotopic (exact) mass is 145 g/mol. The number of rotatable bonds is 0. The molecule has 1 aliphatic rings. The summed E-state index contributed by atoms with van der Waals surface area (Å²) in [6, 6.07) is 0. The lowest BCUT2D eigenvalue weighted by Crippen LogP contribution is -2.27. The van der Waals surface area contributed by atoms with Crippen molar-refractivity contribution in [2.75, 3.05) is 0 Å². The third-order valence-electron chi connectivity index (χ3n) is 1.17. The minimum absolute atomic E-state index is 0.507. The fourth-order valence-electron chi connectivity index (χ4n) is 0.622. The maximum absolute atomic E-state index is 10.4. The zero-order valence-electron chi connectivity index (χ0n) is 4.44. The number of aliphatic hydroxyl groups is 2. The van der Waals surface area contributed by atoms with Crippen LogP contribution in [0.15, 0.2) is 0 Å². The van der Waals surface area contributed by atoms with Gasteiger partial charge in [0.1, 0.15) is 23.0 Å². The Bertz CT molecular complexity index is 148. The fraction of sp³-hybridized carbons (Fsp3) is 0.500. The van der Waals surface area contributed by atoms with E-state index in [2.05, 4.69) is 0 Å². The lowest BCUT2D eigenvalue weighted by atomic mass is 10.2. The Morgan fingerprint density at radius 1 is 1.11 bits per heavy atom. The van der Waals surface area contributed by atoms with Gasteiger partial charge in [0.05, 0.1) is 0 Å². The maximum Gasteiger partial charge on any atom is 0.207 e. The molecule has 9 heavy (non-hydrogen) atoms. The van der Waals surface area contributed by atoms with Crippen LogP contribution >= 0.6 is 0 Å². The topological polar surface area (TPSA) is 74.6 Å². The molecule has 5 heteroatoms. The zero-order chi connectivity index (χ0) is 7.02. The second kappa shape index (κ2) is 2.01. The molecule has 2 N–H and O–H groups in total. The molecular formula is C4H5O4Si. The van der Waals surface area contributed by atoms with E-state index in [4.69, 9.17) is 10.2 Å². The van der Waals surface area contributed by atoms with E-state index in [1.807, 2.05) is 0 Å². The standard InChI is InChI=1S/C4H5O4Si/c5-1-2(6)4(8)9-3(1)7/h1-2,5-6,9H. The van der Waals surface area contributed by atoms with Crippen LogP contribution in [0.2, 0.25) is 0 Å². The van der Waals surface area contributed by atoms with Crippen LogP contribution < -0.4 is 0 Å². The molecule has 0 amide bonds. The van der Waals surface area contributed by atoms with E-state index >= 15 is 0 Å². The Kier molecular flexibility index (Phi) is 1.48. The molecule has 1 radical (unpaired) electrons. The van der Waals surface area contributed by atoms with Crippen LogP contribution in [0.1, 0.15) is 0 Å². The van der Waals surface area contributed by atoms with Gasteiger partial charge < -0.3 is 19.8 Å². The molecule has 49 valence electrons. The van der Waals surface area contributed by atoms with Gasteiger partial charge in [0, 0.05) is 0 Å². The smallest absolute Gasteiger partial charge is 0.207 e. The quantitative estimate of drug-likeness (QED) is 0.361. The zero-order valence-corrected chi connectivity index (χ0v) is 5.60. The first-order valence-electron chi connectivity index (χ1n) is 2.41. The average molecular weight is 145 g/mol. The third kappa shape index (κ3) is 0.936. The second-order valence-electron chi connectivity index (χ2n) is 1.84. The highest BCUT2D eigenvalue weighted by Crippen LogP contribution is 2.03. The van der Waals surface area contributed by atoms with E-state index in [0.29, 0.717) is 0 Å². The SMILES string of the molecule is O=C1[SiH]C(=O)C(O)C1O. The Morgan fingerprint density at radius 2 is 1.44 bits per heavy atom. The molecule has 1 fully saturated rings. The van der Waals surface area contributed by atoms with E-state index in [1.54, 1.807) is 0 Å². The van der Waals surface area contributed by atoms with Crippen LogP contribution in [-0.2, 0) is 9.59 Å². The molecule has 0 aromatic rings. The molecule has 0 aliphatic carbocycles. The van der Waals surface area contributed by atoms with Gasteiger partial charge in [0.25, 0.3) is 0 Å². The van der Waals surface area contributed by atoms with Crippen molar-refractivity contribution < 1.29 is 19.8 Å². The normalized spacial score (nSPS) is 35.8. The summed E-state index contributed by atoms with van der Waals surface area (Å²) < 4.78 is 0. The van der Waals surface area contributed by atoms with E-state index in [1.165, 1.54) is 0 Å². The Morgan fingerprint density at radius 3 is 1.56 bits per heavy atom. The predicted octanol–water partition coefficient (Wildman–Crippen LogP) is -2.79. The van der Waals surface area contributed by atoms with Crippen molar-refractivity contribution in [2.45, 2.75) is 12.2 Å². The summed E-state index contributed by atoms with van der Waals surface area (Å²) in [6.07, 6.45) is -2.88. The molecule has 0 saturated carbocycles. The lowest BCUT2D eigenvalue weighted by molar-refractivity contribution is -0.129. The van der Waals surface area contributed by atoms with E-state index < -0.39 is 32.5 Å². The number of hydrogen-bond donors (Lipinski definition) is 2. The minimum Gasteiger partial charge on any atom is -0.383 e. The number of hydrogen-bond acceptors (Lipinski definition) is 4. The highest BCUT2D eigenvalue weighted by Gasteiger charge is 2.39. The maximum atomic E-state index is 10.4. The van der Waals surface area contributed by atoms with Crippen LogP contribution in [0.3, 0.4) is 0 Å². The summed E-state index contributed by atoms with van der Waals surface area (Å²) in [5.41, 5.74) is 0. The van der Waals surface area contributed by atoms with Gasteiger partial charge >= 0.3 is 0 Å². The fourth-order valence-corrected chi connectivity index (χ4v) is 1.61. The van der Waals surface area contributed by atoms with E-state index in [9.17, 15) is 9.59 Å². The van der Waals surface area contributed by atoms with Crippen molar-refractivity contribution in [3.63, 3.8) is 0 Å². The molecule has 2 unspecified atom stereocenters. The molecule has 1 heterocycles. The molecule has 0 bridgehead atoms. The molecule has 1 saturated heterocycles. The number of carbonyl (C=O) groups excluding carboxylic acids is 2. The molecular weight excluding hydrogens is 140 g/mol. The van der Waals surface area contributed by atoms with Gasteiger partial charge in [-0.3, -0.25) is 0 Å². The third-order valence-corrected chi connectivity index (χ3v) is 2.42. The molecule has 1 aliphatic heterocycles. The highest BCUT2D eigenvalue weighted by atomic mass is 28.2. The molecule has 0 aromatic heterocycles. The first-order chi connectivity index (χ1) is 4.13. The number of carbonyl (C=O) groups is 2. The summed E-state index contributed by atoms with van der Waals surface area (Å²) in [7, 11) is -1.02. The summed E-state index contributed by atoms with van der Waals surface area (Å²) in [5, 5.41) is 16.3. The van der Waals surface area contributed by atoms with Crippen molar-refractivity contribution in [3.8, 4) is 0 Å². The predicted molar refractivity (Wildman–Crippen MR) is 29.2 cm³/mol. The van der Waals surface area contributed by atoms with Gasteiger partial charge in [-0.2, -0.15) is 0 Å². The van der Waals surface area contributed by atoms with Gasteiger partial charge in [-0.1, -0.05) is 0 Å². The largest absolute Gasteiger partial charge is 0.383 e. The van der Waals surface area contributed by atoms with Crippen LogP contribution in [0.4, 0.5) is 0 Å². The average Bonchev–Trinajstić information content (AvgIpc) is 1.98. The van der Waals surface area contributed by atoms with E-state index in [0.717, 1.165) is 0 Å². The van der Waals surface area contributed by atoms with E-state index in [-0.39, 0.29) is 0 Å². The van der Waals surface area contributed by atoms with Gasteiger partial charge in [-0.05, 0) is 0 Å². The van der Waals surface area contributed by atoms with Gasteiger partial charge in [-0.15, -0.1) is 0 Å². The first-order valence-corrected chi connectivity index (χ1v) is 3.57. The van der Waals surface area contributed by atoms with Gasteiger partial charge in [0.2, 0.25) is 9.52 Å². The van der Waals surface area contributed by atoms with Crippen molar-refractivity contribution in [2.24, 2.45) is 0 Å². The Hall–Kier alpha value is -0.523. The first kappa shape index (κ1) is 6.59. The molecule has 0 spiro atoms. The highest BCUT2D eigenvalue weighted by molar-refractivity contribution is 7.00. The van der Waals surface area contributed by atoms with Crippen molar-refractivity contribution in [3.05, 3.63) is 0 Å². The Balaban J connectivity index is 2.77. The summed E-state index contributed by atoms with van der Waals surface area (Å²) in [4.78, 5) is 20.8. The van der Waals surface area contributed by atoms with Crippen molar-refractivity contribution in [1.82, 2.24) is 0 Å². The lowest BCUT2D eigenvalue weighted by Gasteiger charge is -2.01. The van der Waals surface area contributed by atoms with Crippen LogP contribution in [0, 0.1) is 0 Å². The van der Waals surface area contributed by atoms with Gasteiger partial charge in [-0.25, -0.2) is 0 Å². The molecule has 2 atom stereocenters.